The molecule has 0 aliphatic carbocycles. The number of carboxylic acids is 1. The van der Waals surface area contributed by atoms with E-state index in [2.05, 4.69) is 15.3 Å². The van der Waals surface area contributed by atoms with Crippen molar-refractivity contribution >= 4 is 11.6 Å². The number of aromatic carboxylic acids is 1. The van der Waals surface area contributed by atoms with E-state index < -0.39 is 5.97 Å². The highest BCUT2D eigenvalue weighted by Gasteiger charge is 2.12. The molecule has 1 aromatic carbocycles. The van der Waals surface area contributed by atoms with E-state index in [9.17, 15) is 4.79 Å². The van der Waals surface area contributed by atoms with Crippen LogP contribution in [0.5, 0.6) is 0 Å². The average molecular weight is 254 g/mol. The molecule has 0 fully saturated rings. The molecular weight excluding hydrogens is 244 g/mol. The van der Waals surface area contributed by atoms with Crippen LogP contribution in [0.4, 0.5) is 0 Å². The fourth-order valence-corrected chi connectivity index (χ4v) is 1.79. The molecule has 1 N–H and O–H groups in total. The van der Waals surface area contributed by atoms with Crippen molar-refractivity contribution in [2.24, 2.45) is 0 Å². The minimum Gasteiger partial charge on any atom is -0.476 e. The topological polar surface area (TPSA) is 80.4 Å². The Kier molecular flexibility index (Phi) is 2.49. The molecule has 0 amide bonds. The molecule has 6 heteroatoms. The molecule has 0 saturated heterocycles. The first-order valence-corrected chi connectivity index (χ1v) is 5.68. The second-order valence-corrected chi connectivity index (χ2v) is 4.18. The van der Waals surface area contributed by atoms with Crippen LogP contribution in [-0.4, -0.2) is 30.9 Å². The van der Waals surface area contributed by atoms with E-state index in [1.807, 2.05) is 31.2 Å². The summed E-state index contributed by atoms with van der Waals surface area (Å²) in [6.07, 6.45) is 0. The van der Waals surface area contributed by atoms with Crippen LogP contribution >= 0.6 is 0 Å². The van der Waals surface area contributed by atoms with Gasteiger partial charge in [-0.25, -0.2) is 4.79 Å². The Morgan fingerprint density at radius 2 is 1.84 bits per heavy atom. The van der Waals surface area contributed by atoms with E-state index in [-0.39, 0.29) is 5.69 Å². The van der Waals surface area contributed by atoms with Crippen LogP contribution < -0.4 is 0 Å². The molecule has 0 aliphatic heterocycles. The largest absolute Gasteiger partial charge is 0.476 e. The molecule has 0 bridgehead atoms. The molecule has 0 radical (unpaired) electrons. The fraction of sp³-hybridized carbons (Fsp3) is 0.0769. The van der Waals surface area contributed by atoms with Gasteiger partial charge in [-0.3, -0.25) is 0 Å². The Labute approximate surface area is 108 Å². The first kappa shape index (κ1) is 11.3. The standard InChI is InChI=1S/C13H10N4O2/c1-8-2-4-9(5-3-8)12-15-14-11-7-6-10(13(18)19)16-17(11)12/h2-7H,1H3,(H,18,19). The van der Waals surface area contributed by atoms with Gasteiger partial charge in [-0.1, -0.05) is 29.8 Å². The summed E-state index contributed by atoms with van der Waals surface area (Å²) in [6.45, 7) is 1.99. The van der Waals surface area contributed by atoms with Crippen molar-refractivity contribution < 1.29 is 9.90 Å². The van der Waals surface area contributed by atoms with Crippen LogP contribution in [0.3, 0.4) is 0 Å². The molecule has 6 nitrogen and oxygen atoms in total. The summed E-state index contributed by atoms with van der Waals surface area (Å²) in [5, 5.41) is 21.0. The molecule has 0 aliphatic rings. The molecule has 0 saturated carbocycles. The minimum atomic E-state index is -1.08. The first-order chi connectivity index (χ1) is 9.15. The zero-order chi connectivity index (χ0) is 13.4. The van der Waals surface area contributed by atoms with Gasteiger partial charge in [0.05, 0.1) is 0 Å². The van der Waals surface area contributed by atoms with Gasteiger partial charge in [-0.2, -0.15) is 9.61 Å². The Morgan fingerprint density at radius 3 is 2.53 bits per heavy atom. The number of fused-ring (bicyclic) bond motifs is 1. The maximum absolute atomic E-state index is 10.9. The van der Waals surface area contributed by atoms with Crippen LogP contribution in [0, 0.1) is 6.92 Å². The maximum atomic E-state index is 10.9. The third-order valence-corrected chi connectivity index (χ3v) is 2.79. The number of rotatable bonds is 2. The lowest BCUT2D eigenvalue weighted by molar-refractivity contribution is 0.0689. The fourth-order valence-electron chi connectivity index (χ4n) is 1.79. The van der Waals surface area contributed by atoms with E-state index >= 15 is 0 Å². The van der Waals surface area contributed by atoms with Crippen molar-refractivity contribution in [1.82, 2.24) is 19.8 Å². The van der Waals surface area contributed by atoms with Crippen molar-refractivity contribution in [2.45, 2.75) is 6.92 Å². The number of carbonyl (C=O) groups is 1. The van der Waals surface area contributed by atoms with Gasteiger partial charge in [-0.15, -0.1) is 10.2 Å². The number of hydrogen-bond donors (Lipinski definition) is 1. The highest BCUT2D eigenvalue weighted by atomic mass is 16.4. The quantitative estimate of drug-likeness (QED) is 0.754. The molecule has 3 rings (SSSR count). The molecular formula is C13H10N4O2. The molecule has 19 heavy (non-hydrogen) atoms. The van der Waals surface area contributed by atoms with E-state index in [4.69, 9.17) is 5.11 Å². The Morgan fingerprint density at radius 1 is 1.11 bits per heavy atom. The third-order valence-electron chi connectivity index (χ3n) is 2.79. The van der Waals surface area contributed by atoms with E-state index in [1.54, 1.807) is 6.07 Å². The summed E-state index contributed by atoms with van der Waals surface area (Å²) < 4.78 is 1.44. The van der Waals surface area contributed by atoms with Gasteiger partial charge in [-0.05, 0) is 19.1 Å². The Balaban J connectivity index is 2.21. The molecule has 94 valence electrons. The Bertz CT molecular complexity index is 762. The zero-order valence-electron chi connectivity index (χ0n) is 10.1. The van der Waals surface area contributed by atoms with Gasteiger partial charge in [0.15, 0.2) is 17.2 Å². The van der Waals surface area contributed by atoms with Gasteiger partial charge in [0.25, 0.3) is 0 Å². The van der Waals surface area contributed by atoms with E-state index in [1.165, 1.54) is 10.6 Å². The second-order valence-electron chi connectivity index (χ2n) is 4.18. The normalized spacial score (nSPS) is 10.8. The lowest BCUT2D eigenvalue weighted by Gasteiger charge is -2.00. The summed E-state index contributed by atoms with van der Waals surface area (Å²) >= 11 is 0. The molecule has 3 aromatic rings. The van der Waals surface area contributed by atoms with Gasteiger partial charge in [0.1, 0.15) is 0 Å². The Hall–Kier alpha value is -2.76. The zero-order valence-corrected chi connectivity index (χ0v) is 10.1. The number of carboxylic acid groups (broad SMARTS) is 1. The summed E-state index contributed by atoms with van der Waals surface area (Å²) in [7, 11) is 0. The van der Waals surface area contributed by atoms with Crippen molar-refractivity contribution in [3.63, 3.8) is 0 Å². The number of nitrogens with zero attached hydrogens (tertiary/aromatic N) is 4. The van der Waals surface area contributed by atoms with E-state index in [0.717, 1.165) is 11.1 Å². The van der Waals surface area contributed by atoms with Crippen molar-refractivity contribution in [3.05, 3.63) is 47.7 Å². The van der Waals surface area contributed by atoms with Crippen LogP contribution in [0.1, 0.15) is 16.1 Å². The lowest BCUT2D eigenvalue weighted by Crippen LogP contribution is -2.05. The van der Waals surface area contributed by atoms with E-state index in [0.29, 0.717) is 11.5 Å². The minimum absolute atomic E-state index is 0.0411. The second kappa shape index (κ2) is 4.16. The van der Waals surface area contributed by atoms with Gasteiger partial charge >= 0.3 is 5.97 Å². The van der Waals surface area contributed by atoms with Gasteiger partial charge < -0.3 is 5.11 Å². The summed E-state index contributed by atoms with van der Waals surface area (Å²) in [6, 6.07) is 10.7. The van der Waals surface area contributed by atoms with Crippen LogP contribution in [0.25, 0.3) is 17.0 Å². The van der Waals surface area contributed by atoms with Crippen molar-refractivity contribution in [1.29, 1.82) is 0 Å². The molecule has 2 aromatic heterocycles. The monoisotopic (exact) mass is 254 g/mol. The summed E-state index contributed by atoms with van der Waals surface area (Å²) in [4.78, 5) is 10.9. The highest BCUT2D eigenvalue weighted by molar-refractivity contribution is 5.85. The highest BCUT2D eigenvalue weighted by Crippen LogP contribution is 2.18. The SMILES string of the molecule is Cc1ccc(-c2nnc3ccc(C(=O)O)nn23)cc1. The van der Waals surface area contributed by atoms with Crippen LogP contribution in [-0.2, 0) is 0 Å². The third kappa shape index (κ3) is 1.93. The summed E-state index contributed by atoms with van der Waals surface area (Å²) in [5.41, 5.74) is 2.45. The molecule has 0 unspecified atom stereocenters. The van der Waals surface area contributed by atoms with Crippen molar-refractivity contribution in [2.75, 3.05) is 0 Å². The average Bonchev–Trinajstić information content (AvgIpc) is 2.82. The number of aryl methyl sites for hydroxylation is 1. The van der Waals surface area contributed by atoms with Gasteiger partial charge in [0.2, 0.25) is 0 Å². The number of benzene rings is 1. The van der Waals surface area contributed by atoms with Crippen molar-refractivity contribution in [3.8, 4) is 11.4 Å². The van der Waals surface area contributed by atoms with Gasteiger partial charge in [0, 0.05) is 5.56 Å². The smallest absolute Gasteiger partial charge is 0.356 e. The first-order valence-electron chi connectivity index (χ1n) is 5.68. The van der Waals surface area contributed by atoms with Crippen LogP contribution in [0.15, 0.2) is 36.4 Å². The number of aromatic nitrogens is 4. The predicted octanol–water partition coefficient (Wildman–Crippen LogP) is 1.80. The summed E-state index contributed by atoms with van der Waals surface area (Å²) in [5.74, 6) is -0.552. The van der Waals surface area contributed by atoms with Crippen LogP contribution in [0.2, 0.25) is 0 Å². The molecule has 2 heterocycles. The lowest BCUT2D eigenvalue weighted by atomic mass is 10.1. The predicted molar refractivity (Wildman–Crippen MR) is 67.9 cm³/mol. The molecule has 0 atom stereocenters. The molecule has 0 spiro atoms. The number of hydrogen-bond acceptors (Lipinski definition) is 4. The maximum Gasteiger partial charge on any atom is 0.356 e.